The standard InChI is InChI=1S/C16H27N3S/c1-4-10-17-15-12(3)16(19-14(5-2)18-15)20-11-13-8-6-7-9-13/h13H,4-11H2,1-3H3,(H,17,18,19). The molecule has 0 aromatic carbocycles. The van der Waals surface area contributed by atoms with Gasteiger partial charge in [-0.15, -0.1) is 11.8 Å². The zero-order chi connectivity index (χ0) is 14.4. The molecule has 1 aliphatic carbocycles. The molecular weight excluding hydrogens is 266 g/mol. The zero-order valence-corrected chi connectivity index (χ0v) is 13.9. The van der Waals surface area contributed by atoms with Crippen molar-refractivity contribution in [1.82, 2.24) is 9.97 Å². The van der Waals surface area contributed by atoms with Crippen LogP contribution < -0.4 is 5.32 Å². The fourth-order valence-corrected chi connectivity index (χ4v) is 3.84. The third-order valence-corrected chi connectivity index (χ3v) is 5.25. The molecule has 0 aliphatic heterocycles. The Labute approximate surface area is 127 Å². The quantitative estimate of drug-likeness (QED) is 0.595. The lowest BCUT2D eigenvalue weighted by molar-refractivity contribution is 0.622. The van der Waals surface area contributed by atoms with E-state index in [2.05, 4.69) is 31.1 Å². The molecule has 1 aliphatic rings. The molecule has 0 unspecified atom stereocenters. The van der Waals surface area contributed by atoms with Gasteiger partial charge >= 0.3 is 0 Å². The summed E-state index contributed by atoms with van der Waals surface area (Å²) in [5.41, 5.74) is 1.22. The fourth-order valence-electron chi connectivity index (χ4n) is 2.63. The Kier molecular flexibility index (Phi) is 6.14. The van der Waals surface area contributed by atoms with Gasteiger partial charge in [0.25, 0.3) is 0 Å². The maximum Gasteiger partial charge on any atom is 0.133 e. The molecule has 2 rings (SSSR count). The predicted octanol–water partition coefficient (Wildman–Crippen LogP) is 4.45. The third-order valence-electron chi connectivity index (χ3n) is 3.94. The van der Waals surface area contributed by atoms with E-state index >= 15 is 0 Å². The Morgan fingerprint density at radius 3 is 2.60 bits per heavy atom. The molecule has 3 nitrogen and oxygen atoms in total. The number of anilines is 1. The molecular formula is C16H27N3S. The first-order valence-corrected chi connectivity index (χ1v) is 8.97. The average Bonchev–Trinajstić information content (AvgIpc) is 2.98. The van der Waals surface area contributed by atoms with E-state index in [0.29, 0.717) is 0 Å². The topological polar surface area (TPSA) is 37.8 Å². The summed E-state index contributed by atoms with van der Waals surface area (Å²) in [6.07, 6.45) is 7.65. The summed E-state index contributed by atoms with van der Waals surface area (Å²) < 4.78 is 0. The number of thioether (sulfide) groups is 1. The molecule has 1 aromatic rings. The number of hydrogen-bond donors (Lipinski definition) is 1. The van der Waals surface area contributed by atoms with E-state index in [9.17, 15) is 0 Å². The summed E-state index contributed by atoms with van der Waals surface area (Å²) in [5, 5.41) is 4.62. The molecule has 20 heavy (non-hydrogen) atoms. The van der Waals surface area contributed by atoms with Crippen LogP contribution in [0.5, 0.6) is 0 Å². The van der Waals surface area contributed by atoms with E-state index in [0.717, 1.165) is 36.9 Å². The Bertz CT molecular complexity index is 428. The van der Waals surface area contributed by atoms with Gasteiger partial charge in [-0.3, -0.25) is 0 Å². The van der Waals surface area contributed by atoms with E-state index < -0.39 is 0 Å². The van der Waals surface area contributed by atoms with Crippen molar-refractivity contribution in [2.75, 3.05) is 17.6 Å². The first kappa shape index (κ1) is 15.6. The highest BCUT2D eigenvalue weighted by molar-refractivity contribution is 7.99. The lowest BCUT2D eigenvalue weighted by atomic mass is 10.1. The van der Waals surface area contributed by atoms with Crippen LogP contribution in [0.2, 0.25) is 0 Å². The van der Waals surface area contributed by atoms with Gasteiger partial charge in [-0.2, -0.15) is 0 Å². The summed E-state index contributed by atoms with van der Waals surface area (Å²) in [7, 11) is 0. The van der Waals surface area contributed by atoms with Gasteiger partial charge in [0.2, 0.25) is 0 Å². The van der Waals surface area contributed by atoms with E-state index in [4.69, 9.17) is 4.98 Å². The van der Waals surface area contributed by atoms with Crippen molar-refractivity contribution >= 4 is 17.6 Å². The van der Waals surface area contributed by atoms with Gasteiger partial charge in [0.15, 0.2) is 0 Å². The fraction of sp³-hybridized carbons (Fsp3) is 0.750. The number of hydrogen-bond acceptors (Lipinski definition) is 4. The Balaban J connectivity index is 2.08. The molecule has 0 bridgehead atoms. The van der Waals surface area contributed by atoms with Crippen LogP contribution in [0.25, 0.3) is 0 Å². The largest absolute Gasteiger partial charge is 0.370 e. The van der Waals surface area contributed by atoms with Gasteiger partial charge in [0, 0.05) is 24.3 Å². The van der Waals surface area contributed by atoms with Crippen molar-refractivity contribution in [2.45, 2.75) is 64.3 Å². The minimum absolute atomic E-state index is 0.895. The lowest BCUT2D eigenvalue weighted by Crippen LogP contribution is -2.09. The SMILES string of the molecule is CCCNc1nc(CC)nc(SCC2CCCC2)c1C. The molecule has 0 amide bonds. The molecule has 1 saturated carbocycles. The minimum Gasteiger partial charge on any atom is -0.370 e. The van der Waals surface area contributed by atoms with Crippen LogP contribution in [-0.2, 0) is 6.42 Å². The second kappa shape index (κ2) is 7.87. The summed E-state index contributed by atoms with van der Waals surface area (Å²) in [5.74, 6) is 4.11. The van der Waals surface area contributed by atoms with Gasteiger partial charge in [-0.1, -0.05) is 26.7 Å². The summed E-state index contributed by atoms with van der Waals surface area (Å²) in [4.78, 5) is 9.37. The molecule has 112 valence electrons. The minimum atomic E-state index is 0.895. The number of rotatable bonds is 7. The molecule has 1 heterocycles. The van der Waals surface area contributed by atoms with Crippen molar-refractivity contribution in [1.29, 1.82) is 0 Å². The van der Waals surface area contributed by atoms with Crippen LogP contribution in [0.4, 0.5) is 5.82 Å². The van der Waals surface area contributed by atoms with Gasteiger partial charge in [-0.05, 0) is 32.1 Å². The van der Waals surface area contributed by atoms with Crippen LogP contribution in [0.1, 0.15) is 57.3 Å². The number of aromatic nitrogens is 2. The molecule has 0 saturated heterocycles. The molecule has 4 heteroatoms. The Hall–Kier alpha value is -0.770. The summed E-state index contributed by atoms with van der Waals surface area (Å²) in [6, 6.07) is 0. The van der Waals surface area contributed by atoms with Crippen molar-refractivity contribution < 1.29 is 0 Å². The van der Waals surface area contributed by atoms with Crippen molar-refractivity contribution in [2.24, 2.45) is 5.92 Å². The highest BCUT2D eigenvalue weighted by Crippen LogP contribution is 2.32. The number of nitrogens with one attached hydrogen (secondary N) is 1. The maximum absolute atomic E-state index is 4.73. The number of aryl methyl sites for hydroxylation is 1. The van der Waals surface area contributed by atoms with Crippen molar-refractivity contribution in [3.63, 3.8) is 0 Å². The predicted molar refractivity (Wildman–Crippen MR) is 87.6 cm³/mol. The third kappa shape index (κ3) is 4.11. The van der Waals surface area contributed by atoms with E-state index in [1.54, 1.807) is 0 Å². The molecule has 1 aromatic heterocycles. The van der Waals surface area contributed by atoms with Crippen LogP contribution in [0, 0.1) is 12.8 Å². The van der Waals surface area contributed by atoms with E-state index in [1.807, 2.05) is 11.8 Å². The molecule has 0 atom stereocenters. The molecule has 1 N–H and O–H groups in total. The summed E-state index contributed by atoms with van der Waals surface area (Å²) in [6.45, 7) is 7.43. The van der Waals surface area contributed by atoms with Gasteiger partial charge in [-0.25, -0.2) is 9.97 Å². The normalized spacial score (nSPS) is 15.8. The Morgan fingerprint density at radius 1 is 1.20 bits per heavy atom. The smallest absolute Gasteiger partial charge is 0.133 e. The number of nitrogens with zero attached hydrogens (tertiary/aromatic N) is 2. The monoisotopic (exact) mass is 293 g/mol. The average molecular weight is 293 g/mol. The van der Waals surface area contributed by atoms with Gasteiger partial charge in [0.05, 0.1) is 0 Å². The first-order chi connectivity index (χ1) is 9.74. The van der Waals surface area contributed by atoms with Crippen LogP contribution in [0.3, 0.4) is 0 Å². The van der Waals surface area contributed by atoms with Crippen LogP contribution in [0.15, 0.2) is 5.03 Å². The second-order valence-electron chi connectivity index (χ2n) is 5.66. The summed E-state index contributed by atoms with van der Waals surface area (Å²) >= 11 is 1.93. The molecule has 0 radical (unpaired) electrons. The van der Waals surface area contributed by atoms with Crippen molar-refractivity contribution in [3.05, 3.63) is 11.4 Å². The highest BCUT2D eigenvalue weighted by Gasteiger charge is 2.17. The van der Waals surface area contributed by atoms with Gasteiger partial charge in [0.1, 0.15) is 16.7 Å². The lowest BCUT2D eigenvalue weighted by Gasteiger charge is -2.14. The van der Waals surface area contributed by atoms with Crippen molar-refractivity contribution in [3.8, 4) is 0 Å². The van der Waals surface area contributed by atoms with E-state index in [1.165, 1.54) is 42.0 Å². The zero-order valence-electron chi connectivity index (χ0n) is 13.0. The van der Waals surface area contributed by atoms with Crippen LogP contribution in [-0.4, -0.2) is 22.3 Å². The maximum atomic E-state index is 4.73. The Morgan fingerprint density at radius 2 is 1.95 bits per heavy atom. The van der Waals surface area contributed by atoms with E-state index in [-0.39, 0.29) is 0 Å². The van der Waals surface area contributed by atoms with Gasteiger partial charge < -0.3 is 5.32 Å². The highest BCUT2D eigenvalue weighted by atomic mass is 32.2. The first-order valence-electron chi connectivity index (χ1n) is 7.98. The van der Waals surface area contributed by atoms with Crippen LogP contribution >= 0.6 is 11.8 Å². The molecule has 1 fully saturated rings. The second-order valence-corrected chi connectivity index (χ2v) is 6.67. The molecule has 0 spiro atoms.